The standard InChI is InChI=1S/C15H19ClN2O2S/c1-21(20)10-2-9-18-13(11-3-5-12(16)6-4-11)17-15(7-8-15)14(18)19/h3-6,13,17H,2,7-10H2,1H3. The Morgan fingerprint density at radius 3 is 2.62 bits per heavy atom. The van der Waals surface area contributed by atoms with E-state index >= 15 is 0 Å². The fourth-order valence-corrected chi connectivity index (χ4v) is 3.52. The van der Waals surface area contributed by atoms with Crippen LogP contribution in [0.5, 0.6) is 0 Å². The van der Waals surface area contributed by atoms with Crippen molar-refractivity contribution in [3.63, 3.8) is 0 Å². The predicted molar refractivity (Wildman–Crippen MR) is 84.6 cm³/mol. The van der Waals surface area contributed by atoms with E-state index < -0.39 is 10.8 Å². The van der Waals surface area contributed by atoms with Gasteiger partial charge in [-0.15, -0.1) is 0 Å². The highest BCUT2D eigenvalue weighted by atomic mass is 35.5. The minimum Gasteiger partial charge on any atom is -0.321 e. The maximum Gasteiger partial charge on any atom is 0.244 e. The van der Waals surface area contributed by atoms with Crippen molar-refractivity contribution in [1.82, 2.24) is 10.2 Å². The monoisotopic (exact) mass is 326 g/mol. The zero-order valence-corrected chi connectivity index (χ0v) is 13.5. The summed E-state index contributed by atoms with van der Waals surface area (Å²) in [6, 6.07) is 7.61. The van der Waals surface area contributed by atoms with Crippen molar-refractivity contribution >= 4 is 28.3 Å². The van der Waals surface area contributed by atoms with Crippen molar-refractivity contribution in [2.75, 3.05) is 18.6 Å². The summed E-state index contributed by atoms with van der Waals surface area (Å²) in [4.78, 5) is 14.5. The first kappa shape index (κ1) is 15.0. The fourth-order valence-electron chi connectivity index (χ4n) is 2.85. The normalized spacial score (nSPS) is 24.6. The maximum absolute atomic E-state index is 12.6. The second-order valence-corrected chi connectivity index (χ2v) is 7.80. The summed E-state index contributed by atoms with van der Waals surface area (Å²) >= 11 is 5.94. The molecule has 1 amide bonds. The molecule has 21 heavy (non-hydrogen) atoms. The molecule has 0 bridgehead atoms. The minimum absolute atomic E-state index is 0.0949. The quantitative estimate of drug-likeness (QED) is 0.901. The Kier molecular flexibility index (Phi) is 4.08. The summed E-state index contributed by atoms with van der Waals surface area (Å²) in [7, 11) is -0.815. The second-order valence-electron chi connectivity index (χ2n) is 5.81. The van der Waals surface area contributed by atoms with Gasteiger partial charge in [-0.05, 0) is 37.0 Å². The number of amides is 1. The summed E-state index contributed by atoms with van der Waals surface area (Å²) in [6.45, 7) is 0.639. The summed E-state index contributed by atoms with van der Waals surface area (Å²) in [5.74, 6) is 0.814. The summed E-state index contributed by atoms with van der Waals surface area (Å²) in [5, 5.41) is 4.16. The first-order valence-electron chi connectivity index (χ1n) is 7.16. The lowest BCUT2D eigenvalue weighted by Crippen LogP contribution is -2.33. The van der Waals surface area contributed by atoms with Crippen LogP contribution in [0.15, 0.2) is 24.3 Å². The number of carbonyl (C=O) groups excluding carboxylic acids is 1. The van der Waals surface area contributed by atoms with Gasteiger partial charge in [-0.3, -0.25) is 14.3 Å². The topological polar surface area (TPSA) is 49.4 Å². The molecule has 1 aliphatic carbocycles. The molecule has 2 unspecified atom stereocenters. The number of benzene rings is 1. The number of hydrogen-bond acceptors (Lipinski definition) is 3. The molecule has 1 aliphatic heterocycles. The Morgan fingerprint density at radius 2 is 2.05 bits per heavy atom. The molecular weight excluding hydrogens is 308 g/mol. The lowest BCUT2D eigenvalue weighted by atomic mass is 10.1. The van der Waals surface area contributed by atoms with Crippen LogP contribution in [-0.2, 0) is 15.6 Å². The third-order valence-corrected chi connectivity index (χ3v) is 5.28. The summed E-state index contributed by atoms with van der Waals surface area (Å²) in [6.07, 6.45) is 4.18. The zero-order chi connectivity index (χ0) is 15.0. The van der Waals surface area contributed by atoms with E-state index in [9.17, 15) is 9.00 Å². The van der Waals surface area contributed by atoms with E-state index in [1.54, 1.807) is 6.26 Å². The smallest absolute Gasteiger partial charge is 0.244 e. The van der Waals surface area contributed by atoms with Gasteiger partial charge in [-0.25, -0.2) is 0 Å². The van der Waals surface area contributed by atoms with Crippen molar-refractivity contribution in [3.8, 4) is 0 Å². The Bertz CT molecular complexity index is 572. The van der Waals surface area contributed by atoms with Gasteiger partial charge >= 0.3 is 0 Å². The Hall–Kier alpha value is -0.910. The average Bonchev–Trinajstić information content (AvgIpc) is 3.17. The molecule has 1 heterocycles. The van der Waals surface area contributed by atoms with E-state index in [0.29, 0.717) is 17.3 Å². The van der Waals surface area contributed by atoms with Gasteiger partial charge in [0.1, 0.15) is 11.7 Å². The van der Waals surface area contributed by atoms with Crippen molar-refractivity contribution < 1.29 is 9.00 Å². The van der Waals surface area contributed by atoms with E-state index in [0.717, 1.165) is 24.8 Å². The van der Waals surface area contributed by atoms with E-state index in [4.69, 9.17) is 11.6 Å². The average molecular weight is 327 g/mol. The van der Waals surface area contributed by atoms with Crippen LogP contribution in [0.4, 0.5) is 0 Å². The number of rotatable bonds is 5. The van der Waals surface area contributed by atoms with Crippen LogP contribution in [0.3, 0.4) is 0 Å². The van der Waals surface area contributed by atoms with Crippen molar-refractivity contribution in [2.24, 2.45) is 0 Å². The van der Waals surface area contributed by atoms with Gasteiger partial charge in [0.05, 0.1) is 0 Å². The molecule has 1 aromatic rings. The first-order valence-corrected chi connectivity index (χ1v) is 9.27. The molecule has 1 saturated carbocycles. The minimum atomic E-state index is -0.815. The number of hydrogen-bond donors (Lipinski definition) is 1. The summed E-state index contributed by atoms with van der Waals surface area (Å²) < 4.78 is 11.2. The van der Waals surface area contributed by atoms with Crippen LogP contribution in [-0.4, -0.2) is 39.1 Å². The SMILES string of the molecule is CS(=O)CCCN1C(=O)C2(CC2)NC1c1ccc(Cl)cc1. The third-order valence-electron chi connectivity index (χ3n) is 4.16. The van der Waals surface area contributed by atoms with Crippen molar-refractivity contribution in [2.45, 2.75) is 31.0 Å². The van der Waals surface area contributed by atoms with Crippen LogP contribution >= 0.6 is 11.6 Å². The van der Waals surface area contributed by atoms with Gasteiger partial charge in [0.2, 0.25) is 5.91 Å². The largest absolute Gasteiger partial charge is 0.321 e. The first-order chi connectivity index (χ1) is 10.0. The molecule has 1 saturated heterocycles. The lowest BCUT2D eigenvalue weighted by molar-refractivity contribution is -0.130. The Labute approximate surface area is 132 Å². The van der Waals surface area contributed by atoms with Crippen LogP contribution in [0.2, 0.25) is 5.02 Å². The highest BCUT2D eigenvalue weighted by molar-refractivity contribution is 7.84. The zero-order valence-electron chi connectivity index (χ0n) is 12.0. The van der Waals surface area contributed by atoms with E-state index in [1.165, 1.54) is 0 Å². The van der Waals surface area contributed by atoms with Gasteiger partial charge in [0, 0.05) is 34.4 Å². The molecule has 1 aromatic carbocycles. The molecule has 114 valence electrons. The molecule has 2 atom stereocenters. The third kappa shape index (κ3) is 3.00. The highest BCUT2D eigenvalue weighted by Crippen LogP contribution is 2.45. The number of nitrogens with one attached hydrogen (secondary N) is 1. The predicted octanol–water partition coefficient (Wildman–Crippen LogP) is 2.07. The van der Waals surface area contributed by atoms with Gasteiger partial charge in [0.25, 0.3) is 0 Å². The molecule has 6 heteroatoms. The van der Waals surface area contributed by atoms with Crippen molar-refractivity contribution in [3.05, 3.63) is 34.9 Å². The maximum atomic E-state index is 12.6. The van der Waals surface area contributed by atoms with Crippen molar-refractivity contribution in [1.29, 1.82) is 0 Å². The van der Waals surface area contributed by atoms with Crippen LogP contribution in [0, 0.1) is 0 Å². The van der Waals surface area contributed by atoms with E-state index in [2.05, 4.69) is 5.32 Å². The molecule has 2 aliphatic rings. The Balaban J connectivity index is 1.77. The second kappa shape index (κ2) is 5.71. The molecule has 2 fully saturated rings. The Morgan fingerprint density at radius 1 is 1.38 bits per heavy atom. The molecule has 0 aromatic heterocycles. The molecular formula is C15H19ClN2O2S. The lowest BCUT2D eigenvalue weighted by Gasteiger charge is -2.24. The van der Waals surface area contributed by atoms with E-state index in [1.807, 2.05) is 29.2 Å². The highest BCUT2D eigenvalue weighted by Gasteiger charge is 2.59. The number of nitrogens with zero attached hydrogens (tertiary/aromatic N) is 1. The van der Waals surface area contributed by atoms with Gasteiger partial charge in [0.15, 0.2) is 0 Å². The fraction of sp³-hybridized carbons (Fsp3) is 0.533. The van der Waals surface area contributed by atoms with Crippen LogP contribution in [0.1, 0.15) is 31.0 Å². The molecule has 4 nitrogen and oxygen atoms in total. The summed E-state index contributed by atoms with van der Waals surface area (Å²) in [5.41, 5.74) is 0.713. The van der Waals surface area contributed by atoms with Gasteiger partial charge in [-0.2, -0.15) is 0 Å². The molecule has 1 N–H and O–H groups in total. The van der Waals surface area contributed by atoms with Gasteiger partial charge < -0.3 is 4.90 Å². The van der Waals surface area contributed by atoms with Crippen LogP contribution < -0.4 is 5.32 Å². The molecule has 3 rings (SSSR count). The number of halogens is 1. The molecule has 0 radical (unpaired) electrons. The molecule has 1 spiro atoms. The van der Waals surface area contributed by atoms with Gasteiger partial charge in [-0.1, -0.05) is 23.7 Å². The van der Waals surface area contributed by atoms with Crippen LogP contribution in [0.25, 0.3) is 0 Å². The number of carbonyl (C=O) groups is 1. The van der Waals surface area contributed by atoms with E-state index in [-0.39, 0.29) is 17.6 Å².